The topological polar surface area (TPSA) is 137 Å². The molecule has 0 bridgehead atoms. The van der Waals surface area contributed by atoms with Crippen molar-refractivity contribution in [2.45, 2.75) is 76.9 Å². The van der Waals surface area contributed by atoms with Crippen molar-refractivity contribution < 1.29 is 14.7 Å². The largest absolute Gasteiger partial charge is 0.480 e. The number of rotatable bonds is 14. The third kappa shape index (κ3) is 12.2. The standard InChI is InChI=1S/C16H30N4O5/c1-16(2,3)20-12(8-4-6-10-17-24)14(21)19-13(15(22)23)9-5-7-11-18-25/h12-13,20H,4-11H2,1-3H3,(H,19,21)(H,22,23)/t12-,13?/m0/s1. The zero-order valence-electron chi connectivity index (χ0n) is 15.3. The van der Waals surface area contributed by atoms with Crippen LogP contribution in [-0.4, -0.2) is 47.7 Å². The molecule has 25 heavy (non-hydrogen) atoms. The molecule has 144 valence electrons. The van der Waals surface area contributed by atoms with E-state index in [1.807, 2.05) is 20.8 Å². The molecule has 3 N–H and O–H groups in total. The molecular formula is C16H30N4O5. The molecule has 0 spiro atoms. The monoisotopic (exact) mass is 358 g/mol. The van der Waals surface area contributed by atoms with E-state index in [1.165, 1.54) is 0 Å². The molecule has 0 fully saturated rings. The lowest BCUT2D eigenvalue weighted by molar-refractivity contribution is -0.142. The average molecular weight is 358 g/mol. The zero-order chi connectivity index (χ0) is 19.3. The molecule has 0 saturated carbocycles. The van der Waals surface area contributed by atoms with Crippen molar-refractivity contribution in [1.82, 2.24) is 10.6 Å². The van der Waals surface area contributed by atoms with Crippen LogP contribution in [0, 0.1) is 9.81 Å². The van der Waals surface area contributed by atoms with E-state index in [2.05, 4.69) is 21.0 Å². The van der Waals surface area contributed by atoms with Crippen LogP contribution < -0.4 is 10.6 Å². The van der Waals surface area contributed by atoms with E-state index < -0.39 is 18.1 Å². The summed E-state index contributed by atoms with van der Waals surface area (Å²) < 4.78 is 0. The summed E-state index contributed by atoms with van der Waals surface area (Å²) in [6.45, 7) is 6.09. The molecule has 9 heteroatoms. The van der Waals surface area contributed by atoms with Crippen LogP contribution in [0.4, 0.5) is 0 Å². The van der Waals surface area contributed by atoms with Crippen molar-refractivity contribution in [3.63, 3.8) is 0 Å². The van der Waals surface area contributed by atoms with E-state index in [1.54, 1.807) is 0 Å². The van der Waals surface area contributed by atoms with Crippen LogP contribution >= 0.6 is 0 Å². The lowest BCUT2D eigenvalue weighted by Gasteiger charge is -2.29. The van der Waals surface area contributed by atoms with E-state index in [9.17, 15) is 24.5 Å². The van der Waals surface area contributed by atoms with E-state index in [-0.39, 0.29) is 31.0 Å². The number of nitroso groups, excluding NO2 is 2. The van der Waals surface area contributed by atoms with Crippen LogP contribution in [0.15, 0.2) is 10.4 Å². The van der Waals surface area contributed by atoms with Gasteiger partial charge in [0.05, 0.1) is 19.1 Å². The fourth-order valence-corrected chi connectivity index (χ4v) is 2.37. The predicted molar refractivity (Wildman–Crippen MR) is 95.3 cm³/mol. The minimum absolute atomic E-state index is 0.138. The van der Waals surface area contributed by atoms with E-state index in [0.29, 0.717) is 32.1 Å². The van der Waals surface area contributed by atoms with Crippen molar-refractivity contribution in [3.05, 3.63) is 9.81 Å². The molecule has 0 aliphatic heterocycles. The van der Waals surface area contributed by atoms with Gasteiger partial charge in [0.1, 0.15) is 6.04 Å². The summed E-state index contributed by atoms with van der Waals surface area (Å²) in [6.07, 6.45) is 2.93. The zero-order valence-corrected chi connectivity index (χ0v) is 15.3. The summed E-state index contributed by atoms with van der Waals surface area (Å²) in [5.41, 5.74) is -0.320. The Morgan fingerprint density at radius 2 is 1.40 bits per heavy atom. The lowest BCUT2D eigenvalue weighted by Crippen LogP contribution is -2.54. The quantitative estimate of drug-likeness (QED) is 0.321. The summed E-state index contributed by atoms with van der Waals surface area (Å²) in [5, 5.41) is 20.5. The number of carbonyl (C=O) groups excluding carboxylic acids is 1. The number of amides is 1. The first-order valence-electron chi connectivity index (χ1n) is 8.60. The van der Waals surface area contributed by atoms with Crippen LogP contribution in [0.25, 0.3) is 0 Å². The Hall–Kier alpha value is -1.90. The molecule has 2 atom stereocenters. The van der Waals surface area contributed by atoms with Gasteiger partial charge in [0.2, 0.25) is 5.91 Å². The van der Waals surface area contributed by atoms with E-state index in [4.69, 9.17) is 0 Å². The highest BCUT2D eigenvalue weighted by molar-refractivity contribution is 5.86. The van der Waals surface area contributed by atoms with Gasteiger partial charge in [0, 0.05) is 5.54 Å². The second-order valence-electron chi connectivity index (χ2n) is 7.04. The lowest BCUT2D eigenvalue weighted by atomic mass is 10.0. The van der Waals surface area contributed by atoms with Gasteiger partial charge in [0.15, 0.2) is 0 Å². The fraction of sp³-hybridized carbons (Fsp3) is 0.875. The van der Waals surface area contributed by atoms with Crippen molar-refractivity contribution in [1.29, 1.82) is 0 Å². The average Bonchev–Trinajstić information content (AvgIpc) is 2.51. The highest BCUT2D eigenvalue weighted by Crippen LogP contribution is 2.10. The molecule has 0 radical (unpaired) electrons. The van der Waals surface area contributed by atoms with E-state index in [0.717, 1.165) is 0 Å². The number of unbranched alkanes of at least 4 members (excludes halogenated alkanes) is 2. The van der Waals surface area contributed by atoms with Crippen LogP contribution in [0.3, 0.4) is 0 Å². The Morgan fingerprint density at radius 3 is 1.80 bits per heavy atom. The van der Waals surface area contributed by atoms with Crippen LogP contribution in [-0.2, 0) is 9.59 Å². The first-order chi connectivity index (χ1) is 11.7. The van der Waals surface area contributed by atoms with Crippen molar-refractivity contribution in [2.75, 3.05) is 13.1 Å². The summed E-state index contributed by atoms with van der Waals surface area (Å²) in [4.78, 5) is 44.0. The molecular weight excluding hydrogens is 328 g/mol. The predicted octanol–water partition coefficient (Wildman–Crippen LogP) is 2.19. The second kappa shape index (κ2) is 12.5. The molecule has 0 saturated heterocycles. The van der Waals surface area contributed by atoms with E-state index >= 15 is 0 Å². The summed E-state index contributed by atoms with van der Waals surface area (Å²) in [7, 11) is 0. The molecule has 0 heterocycles. The Kier molecular flexibility index (Phi) is 11.5. The number of nitrogens with zero attached hydrogens (tertiary/aromatic N) is 2. The van der Waals surface area contributed by atoms with Gasteiger partial charge in [-0.3, -0.25) is 4.79 Å². The Labute approximate surface area is 148 Å². The first-order valence-corrected chi connectivity index (χ1v) is 8.60. The van der Waals surface area contributed by atoms with Crippen molar-refractivity contribution >= 4 is 11.9 Å². The molecule has 9 nitrogen and oxygen atoms in total. The maximum atomic E-state index is 12.5. The maximum absolute atomic E-state index is 12.5. The highest BCUT2D eigenvalue weighted by atomic mass is 16.4. The Bertz CT molecular complexity index is 437. The van der Waals surface area contributed by atoms with Gasteiger partial charge in [-0.25, -0.2) is 4.79 Å². The smallest absolute Gasteiger partial charge is 0.326 e. The second-order valence-corrected chi connectivity index (χ2v) is 7.04. The third-order valence-electron chi connectivity index (χ3n) is 3.52. The number of carboxylic acids is 1. The minimum atomic E-state index is -1.10. The number of nitrogens with one attached hydrogen (secondary N) is 2. The number of hydrogen-bond acceptors (Lipinski definition) is 7. The normalized spacial score (nSPS) is 13.7. The number of carbonyl (C=O) groups is 2. The van der Waals surface area contributed by atoms with Crippen molar-refractivity contribution in [3.8, 4) is 0 Å². The number of aliphatic carboxylic acids is 1. The molecule has 0 aliphatic carbocycles. The molecule has 0 aliphatic rings. The summed E-state index contributed by atoms with van der Waals surface area (Å²) in [6, 6.07) is -1.55. The molecule has 0 aromatic rings. The number of hydrogen-bond donors (Lipinski definition) is 3. The summed E-state index contributed by atoms with van der Waals surface area (Å²) in [5.74, 6) is -1.48. The third-order valence-corrected chi connectivity index (χ3v) is 3.52. The highest BCUT2D eigenvalue weighted by Gasteiger charge is 2.27. The summed E-state index contributed by atoms with van der Waals surface area (Å²) >= 11 is 0. The van der Waals surface area contributed by atoms with Crippen molar-refractivity contribution in [2.24, 2.45) is 10.4 Å². The van der Waals surface area contributed by atoms with Gasteiger partial charge in [0.25, 0.3) is 0 Å². The maximum Gasteiger partial charge on any atom is 0.326 e. The Balaban J connectivity index is 4.72. The number of carboxylic acid groups (broad SMARTS) is 1. The molecule has 1 unspecified atom stereocenters. The van der Waals surface area contributed by atoms with Crippen LogP contribution in [0.5, 0.6) is 0 Å². The van der Waals surface area contributed by atoms with Gasteiger partial charge < -0.3 is 15.7 Å². The molecule has 0 aromatic carbocycles. The van der Waals surface area contributed by atoms with Gasteiger partial charge in [-0.1, -0.05) is 10.4 Å². The Morgan fingerprint density at radius 1 is 0.920 bits per heavy atom. The fourth-order valence-electron chi connectivity index (χ4n) is 2.37. The molecule has 1 amide bonds. The van der Waals surface area contributed by atoms with Gasteiger partial charge in [-0.2, -0.15) is 9.81 Å². The van der Waals surface area contributed by atoms with Gasteiger partial charge in [-0.15, -0.1) is 0 Å². The van der Waals surface area contributed by atoms with Gasteiger partial charge >= 0.3 is 5.97 Å². The molecule has 0 aromatic heterocycles. The molecule has 0 rings (SSSR count). The SMILES string of the molecule is CC(C)(C)N[C@@H](CCCCN=O)C(=O)NC(CCCCN=O)C(=O)O. The van der Waals surface area contributed by atoms with Crippen LogP contribution in [0.2, 0.25) is 0 Å². The van der Waals surface area contributed by atoms with Gasteiger partial charge in [-0.05, 0) is 59.3 Å². The minimum Gasteiger partial charge on any atom is -0.480 e. The first kappa shape index (κ1) is 23.1. The van der Waals surface area contributed by atoms with Crippen LogP contribution in [0.1, 0.15) is 59.3 Å².